The summed E-state index contributed by atoms with van der Waals surface area (Å²) in [4.78, 5) is 2.47. The van der Waals surface area contributed by atoms with Crippen LogP contribution in [0.25, 0.3) is 0 Å². The number of hydrogen-bond donors (Lipinski definition) is 1. The smallest absolute Gasteiger partial charge is 0.0963 e. The van der Waals surface area contributed by atoms with Gasteiger partial charge in [0.05, 0.1) is 18.8 Å². The zero-order chi connectivity index (χ0) is 12.3. The SMILES string of the molecule is COCCC(C)C(O)C1CN2CCCC2CO1. The van der Waals surface area contributed by atoms with Crippen LogP contribution in [-0.2, 0) is 9.47 Å². The van der Waals surface area contributed by atoms with Crippen LogP contribution in [0.1, 0.15) is 26.2 Å². The molecule has 0 aromatic heterocycles. The summed E-state index contributed by atoms with van der Waals surface area (Å²) in [6, 6.07) is 0.604. The monoisotopic (exact) mass is 243 g/mol. The van der Waals surface area contributed by atoms with Gasteiger partial charge in [0.25, 0.3) is 0 Å². The maximum atomic E-state index is 10.3. The van der Waals surface area contributed by atoms with Crippen molar-refractivity contribution in [1.82, 2.24) is 4.90 Å². The molecule has 4 nitrogen and oxygen atoms in total. The van der Waals surface area contributed by atoms with Gasteiger partial charge >= 0.3 is 0 Å². The number of morpholine rings is 1. The van der Waals surface area contributed by atoms with Crippen LogP contribution in [0.5, 0.6) is 0 Å². The Labute approximate surface area is 104 Å². The molecule has 2 aliphatic heterocycles. The van der Waals surface area contributed by atoms with E-state index in [9.17, 15) is 5.11 Å². The topological polar surface area (TPSA) is 41.9 Å². The number of nitrogens with zero attached hydrogens (tertiary/aromatic N) is 1. The molecule has 0 radical (unpaired) electrons. The predicted octanol–water partition coefficient (Wildman–Crippen LogP) is 0.883. The molecule has 2 rings (SSSR count). The van der Waals surface area contributed by atoms with Crippen molar-refractivity contribution in [3.63, 3.8) is 0 Å². The van der Waals surface area contributed by atoms with Crippen LogP contribution in [0.15, 0.2) is 0 Å². The number of fused-ring (bicyclic) bond motifs is 1. The first-order valence-electron chi connectivity index (χ1n) is 6.75. The number of hydrogen-bond acceptors (Lipinski definition) is 4. The molecule has 2 heterocycles. The highest BCUT2D eigenvalue weighted by molar-refractivity contribution is 4.88. The van der Waals surface area contributed by atoms with Gasteiger partial charge in [0.15, 0.2) is 0 Å². The summed E-state index contributed by atoms with van der Waals surface area (Å²) in [5, 5.41) is 10.3. The van der Waals surface area contributed by atoms with Crippen LogP contribution in [0.4, 0.5) is 0 Å². The fourth-order valence-electron chi connectivity index (χ4n) is 2.89. The van der Waals surface area contributed by atoms with Crippen molar-refractivity contribution in [3.05, 3.63) is 0 Å². The van der Waals surface area contributed by atoms with Gasteiger partial charge in [-0.1, -0.05) is 6.92 Å². The Hall–Kier alpha value is -0.160. The van der Waals surface area contributed by atoms with Crippen molar-refractivity contribution < 1.29 is 14.6 Å². The van der Waals surface area contributed by atoms with E-state index in [1.165, 1.54) is 19.4 Å². The van der Waals surface area contributed by atoms with Gasteiger partial charge in [-0.3, -0.25) is 4.90 Å². The Kier molecular flexibility index (Phi) is 4.79. The predicted molar refractivity (Wildman–Crippen MR) is 66.0 cm³/mol. The van der Waals surface area contributed by atoms with E-state index >= 15 is 0 Å². The number of methoxy groups -OCH3 is 1. The highest BCUT2D eigenvalue weighted by Crippen LogP contribution is 2.26. The number of ether oxygens (including phenoxy) is 2. The quantitative estimate of drug-likeness (QED) is 0.778. The van der Waals surface area contributed by atoms with E-state index in [-0.39, 0.29) is 18.1 Å². The molecule has 4 atom stereocenters. The molecule has 0 bridgehead atoms. The molecular formula is C13H25NO3. The molecule has 100 valence electrons. The first kappa shape index (κ1) is 13.3. The van der Waals surface area contributed by atoms with Crippen LogP contribution in [0.3, 0.4) is 0 Å². The van der Waals surface area contributed by atoms with E-state index in [2.05, 4.69) is 11.8 Å². The fraction of sp³-hybridized carbons (Fsp3) is 1.00. The van der Waals surface area contributed by atoms with Crippen molar-refractivity contribution in [2.24, 2.45) is 5.92 Å². The zero-order valence-corrected chi connectivity index (χ0v) is 11.0. The number of aliphatic hydroxyl groups excluding tert-OH is 1. The standard InChI is InChI=1S/C13H25NO3/c1-10(5-7-16-2)13(15)12-8-14-6-3-4-11(14)9-17-12/h10-13,15H,3-9H2,1-2H3. The van der Waals surface area contributed by atoms with E-state index in [1.54, 1.807) is 7.11 Å². The third-order valence-electron chi connectivity index (χ3n) is 4.16. The number of rotatable bonds is 5. The van der Waals surface area contributed by atoms with E-state index < -0.39 is 0 Å². The first-order chi connectivity index (χ1) is 8.22. The van der Waals surface area contributed by atoms with Crippen molar-refractivity contribution in [2.75, 3.05) is 33.4 Å². The number of aliphatic hydroxyl groups is 1. The van der Waals surface area contributed by atoms with Gasteiger partial charge in [0, 0.05) is 26.3 Å². The Bertz CT molecular complexity index is 237. The summed E-state index contributed by atoms with van der Waals surface area (Å²) in [5.74, 6) is 0.235. The summed E-state index contributed by atoms with van der Waals surface area (Å²) >= 11 is 0. The minimum atomic E-state index is -0.369. The molecule has 4 heteroatoms. The molecule has 2 aliphatic rings. The second-order valence-electron chi connectivity index (χ2n) is 5.41. The van der Waals surface area contributed by atoms with Crippen molar-refractivity contribution in [2.45, 2.75) is 44.4 Å². The molecule has 2 fully saturated rings. The van der Waals surface area contributed by atoms with E-state index in [0.717, 1.165) is 19.6 Å². The zero-order valence-electron chi connectivity index (χ0n) is 11.0. The molecule has 0 aromatic carbocycles. The maximum Gasteiger partial charge on any atom is 0.0963 e. The molecule has 17 heavy (non-hydrogen) atoms. The third kappa shape index (κ3) is 3.19. The van der Waals surface area contributed by atoms with Crippen LogP contribution in [-0.4, -0.2) is 61.7 Å². The van der Waals surface area contributed by atoms with Crippen molar-refractivity contribution >= 4 is 0 Å². The Balaban J connectivity index is 1.81. The molecule has 2 saturated heterocycles. The minimum absolute atomic E-state index is 0.0174. The second kappa shape index (κ2) is 6.14. The van der Waals surface area contributed by atoms with Gasteiger partial charge in [0.2, 0.25) is 0 Å². The van der Waals surface area contributed by atoms with Crippen LogP contribution in [0, 0.1) is 5.92 Å². The van der Waals surface area contributed by atoms with Crippen LogP contribution < -0.4 is 0 Å². The van der Waals surface area contributed by atoms with Gasteiger partial charge in [0.1, 0.15) is 0 Å². The fourth-order valence-corrected chi connectivity index (χ4v) is 2.89. The summed E-state index contributed by atoms with van der Waals surface area (Å²) in [5.41, 5.74) is 0. The Morgan fingerprint density at radius 1 is 1.53 bits per heavy atom. The van der Waals surface area contributed by atoms with Crippen LogP contribution >= 0.6 is 0 Å². The summed E-state index contributed by atoms with van der Waals surface area (Å²) in [7, 11) is 1.70. The second-order valence-corrected chi connectivity index (χ2v) is 5.41. The van der Waals surface area contributed by atoms with E-state index in [0.29, 0.717) is 12.6 Å². The molecule has 0 aliphatic carbocycles. The largest absolute Gasteiger partial charge is 0.390 e. The maximum absolute atomic E-state index is 10.3. The molecule has 0 amide bonds. The Morgan fingerprint density at radius 3 is 3.12 bits per heavy atom. The molecular weight excluding hydrogens is 218 g/mol. The van der Waals surface area contributed by atoms with E-state index in [1.807, 2.05) is 0 Å². The van der Waals surface area contributed by atoms with Gasteiger partial charge in [-0.25, -0.2) is 0 Å². The van der Waals surface area contributed by atoms with Gasteiger partial charge in [-0.15, -0.1) is 0 Å². The lowest BCUT2D eigenvalue weighted by atomic mass is 9.95. The lowest BCUT2D eigenvalue weighted by Gasteiger charge is -2.38. The van der Waals surface area contributed by atoms with Gasteiger partial charge < -0.3 is 14.6 Å². The highest BCUT2D eigenvalue weighted by Gasteiger charge is 2.36. The molecule has 1 N–H and O–H groups in total. The average Bonchev–Trinajstić information content (AvgIpc) is 2.81. The minimum Gasteiger partial charge on any atom is -0.390 e. The lowest BCUT2D eigenvalue weighted by molar-refractivity contribution is -0.117. The molecule has 0 aromatic rings. The van der Waals surface area contributed by atoms with Gasteiger partial charge in [-0.2, -0.15) is 0 Å². The molecule has 0 spiro atoms. The highest BCUT2D eigenvalue weighted by atomic mass is 16.5. The summed E-state index contributed by atoms with van der Waals surface area (Å²) in [6.45, 7) is 5.63. The van der Waals surface area contributed by atoms with Crippen molar-refractivity contribution in [1.29, 1.82) is 0 Å². The average molecular weight is 243 g/mol. The summed E-state index contributed by atoms with van der Waals surface area (Å²) in [6.07, 6.45) is 3.03. The van der Waals surface area contributed by atoms with Gasteiger partial charge in [-0.05, 0) is 31.7 Å². The van der Waals surface area contributed by atoms with Crippen LogP contribution in [0.2, 0.25) is 0 Å². The Morgan fingerprint density at radius 2 is 2.35 bits per heavy atom. The molecule has 4 unspecified atom stereocenters. The van der Waals surface area contributed by atoms with Crippen molar-refractivity contribution in [3.8, 4) is 0 Å². The lowest BCUT2D eigenvalue weighted by Crippen LogP contribution is -2.51. The molecule has 0 saturated carbocycles. The first-order valence-corrected chi connectivity index (χ1v) is 6.75. The third-order valence-corrected chi connectivity index (χ3v) is 4.16. The summed E-state index contributed by atoms with van der Waals surface area (Å²) < 4.78 is 10.9. The normalized spacial score (nSPS) is 33.4. The van der Waals surface area contributed by atoms with E-state index in [4.69, 9.17) is 9.47 Å².